The maximum Gasteiger partial charge on any atom is 0.0983 e. The topological polar surface area (TPSA) is 36.3 Å². The monoisotopic (exact) mass is 198 g/mol. The van der Waals surface area contributed by atoms with Crippen LogP contribution < -0.4 is 0 Å². The van der Waals surface area contributed by atoms with Crippen molar-refractivity contribution in [2.24, 2.45) is 5.92 Å². The van der Waals surface area contributed by atoms with Gasteiger partial charge in [0.2, 0.25) is 0 Å². The second-order valence-electron chi connectivity index (χ2n) is 4.18. The zero-order chi connectivity index (χ0) is 10.6. The van der Waals surface area contributed by atoms with E-state index < -0.39 is 0 Å². The highest BCUT2D eigenvalue weighted by molar-refractivity contribution is 5.81. The lowest BCUT2D eigenvalue weighted by atomic mass is 10.1. The molecule has 0 saturated carbocycles. The third-order valence-electron chi connectivity index (χ3n) is 2.73. The summed E-state index contributed by atoms with van der Waals surface area (Å²) in [5, 5.41) is 7.89. The summed E-state index contributed by atoms with van der Waals surface area (Å²) in [5.41, 5.74) is 0. The molecule has 0 atom stereocenters. The van der Waals surface area contributed by atoms with Gasteiger partial charge in [-0.15, -0.1) is 0 Å². The quantitative estimate of drug-likeness (QED) is 0.557. The Morgan fingerprint density at radius 1 is 1.43 bits per heavy atom. The van der Waals surface area contributed by atoms with E-state index >= 15 is 0 Å². The number of likely N-dealkylation sites (tertiary alicyclic amines) is 1. The van der Waals surface area contributed by atoms with Gasteiger partial charge in [-0.3, -0.25) is 5.41 Å². The number of ether oxygens (including phenoxy) is 1. The second-order valence-corrected chi connectivity index (χ2v) is 4.18. The van der Waals surface area contributed by atoms with Gasteiger partial charge in [-0.1, -0.05) is 13.8 Å². The van der Waals surface area contributed by atoms with E-state index in [0.717, 1.165) is 38.4 Å². The molecule has 1 rings (SSSR count). The first-order valence-electron chi connectivity index (χ1n) is 5.60. The van der Waals surface area contributed by atoms with Crippen LogP contribution in [0, 0.1) is 11.3 Å². The Labute approximate surface area is 86.9 Å². The number of hydrogen-bond acceptors (Lipinski definition) is 2. The van der Waals surface area contributed by atoms with Crippen molar-refractivity contribution in [3.8, 4) is 0 Å². The molecule has 1 heterocycles. The Kier molecular flexibility index (Phi) is 4.39. The normalized spacial score (nSPS) is 19.0. The summed E-state index contributed by atoms with van der Waals surface area (Å²) >= 11 is 0. The molecule has 1 aliphatic rings. The van der Waals surface area contributed by atoms with E-state index in [1.165, 1.54) is 0 Å². The number of amidine groups is 1. The number of rotatable bonds is 3. The van der Waals surface area contributed by atoms with E-state index in [4.69, 9.17) is 10.1 Å². The predicted octanol–water partition coefficient (Wildman–Crippen LogP) is 2.12. The molecule has 3 nitrogen and oxygen atoms in total. The van der Waals surface area contributed by atoms with Crippen LogP contribution in [0.1, 0.15) is 33.6 Å². The van der Waals surface area contributed by atoms with Gasteiger partial charge in [0.15, 0.2) is 0 Å². The first kappa shape index (κ1) is 11.5. The molecule has 0 radical (unpaired) electrons. The van der Waals surface area contributed by atoms with Gasteiger partial charge < -0.3 is 9.64 Å². The van der Waals surface area contributed by atoms with Crippen LogP contribution in [0.2, 0.25) is 0 Å². The molecule has 0 bridgehead atoms. The minimum absolute atomic E-state index is 0.346. The van der Waals surface area contributed by atoms with Gasteiger partial charge >= 0.3 is 0 Å². The molecule has 1 saturated heterocycles. The Hall–Kier alpha value is -0.570. The third kappa shape index (κ3) is 2.98. The minimum atomic E-state index is 0.346. The van der Waals surface area contributed by atoms with Crippen LogP contribution in [0.25, 0.3) is 0 Å². The van der Waals surface area contributed by atoms with Gasteiger partial charge in [0.25, 0.3) is 0 Å². The fourth-order valence-electron chi connectivity index (χ4n) is 1.86. The summed E-state index contributed by atoms with van der Waals surface area (Å²) in [6, 6.07) is 0. The molecule has 3 heteroatoms. The molecule has 0 aromatic heterocycles. The van der Waals surface area contributed by atoms with E-state index in [2.05, 4.69) is 18.7 Å². The zero-order valence-electron chi connectivity index (χ0n) is 9.55. The maximum atomic E-state index is 7.89. The Balaban J connectivity index is 2.32. The van der Waals surface area contributed by atoms with E-state index in [-0.39, 0.29) is 0 Å². The predicted molar refractivity (Wildman–Crippen MR) is 58.8 cm³/mol. The van der Waals surface area contributed by atoms with E-state index in [9.17, 15) is 0 Å². The molecular weight excluding hydrogens is 176 g/mol. The van der Waals surface area contributed by atoms with Gasteiger partial charge in [-0.25, -0.2) is 0 Å². The van der Waals surface area contributed by atoms with Crippen LogP contribution in [0.5, 0.6) is 0 Å². The van der Waals surface area contributed by atoms with Gasteiger partial charge in [0.05, 0.1) is 11.9 Å². The average molecular weight is 198 g/mol. The van der Waals surface area contributed by atoms with E-state index in [1.807, 2.05) is 6.92 Å². The van der Waals surface area contributed by atoms with Crippen LogP contribution in [-0.4, -0.2) is 36.5 Å². The number of nitrogens with one attached hydrogen (secondary N) is 1. The lowest BCUT2D eigenvalue weighted by molar-refractivity contribution is 0.0261. The van der Waals surface area contributed by atoms with Crippen LogP contribution >= 0.6 is 0 Å². The summed E-state index contributed by atoms with van der Waals surface area (Å²) in [7, 11) is 0. The van der Waals surface area contributed by atoms with Gasteiger partial charge in [0, 0.05) is 25.6 Å². The average Bonchev–Trinajstić information content (AvgIpc) is 2.18. The third-order valence-corrected chi connectivity index (χ3v) is 2.73. The first-order chi connectivity index (χ1) is 6.65. The van der Waals surface area contributed by atoms with Crippen LogP contribution in [-0.2, 0) is 4.74 Å². The molecule has 0 aliphatic carbocycles. The summed E-state index contributed by atoms with van der Waals surface area (Å²) in [6.45, 7) is 8.99. The van der Waals surface area contributed by atoms with E-state index in [0.29, 0.717) is 12.0 Å². The van der Waals surface area contributed by atoms with Crippen molar-refractivity contribution in [1.29, 1.82) is 5.41 Å². The van der Waals surface area contributed by atoms with Crippen molar-refractivity contribution in [2.45, 2.75) is 39.7 Å². The Morgan fingerprint density at radius 2 is 2.00 bits per heavy atom. The number of nitrogens with zero attached hydrogens (tertiary/aromatic N) is 1. The van der Waals surface area contributed by atoms with Crippen molar-refractivity contribution in [1.82, 2.24) is 4.90 Å². The second kappa shape index (κ2) is 5.35. The molecule has 0 unspecified atom stereocenters. The number of hydrogen-bond donors (Lipinski definition) is 1. The van der Waals surface area contributed by atoms with Crippen molar-refractivity contribution < 1.29 is 4.74 Å². The standard InChI is InChI=1S/C11H22N2O/c1-4-14-10-5-7-13(8-6-10)11(12)9(2)3/h9-10,12H,4-8H2,1-3H3. The van der Waals surface area contributed by atoms with Gasteiger partial charge in [-0.05, 0) is 19.8 Å². The smallest absolute Gasteiger partial charge is 0.0983 e. The first-order valence-corrected chi connectivity index (χ1v) is 5.60. The maximum absolute atomic E-state index is 7.89. The highest BCUT2D eigenvalue weighted by Gasteiger charge is 2.21. The van der Waals surface area contributed by atoms with Gasteiger partial charge in [-0.2, -0.15) is 0 Å². The summed E-state index contributed by atoms with van der Waals surface area (Å²) in [4.78, 5) is 2.18. The largest absolute Gasteiger partial charge is 0.378 e. The molecule has 0 spiro atoms. The summed E-state index contributed by atoms with van der Waals surface area (Å²) < 4.78 is 5.57. The molecule has 14 heavy (non-hydrogen) atoms. The van der Waals surface area contributed by atoms with Crippen molar-refractivity contribution in [3.05, 3.63) is 0 Å². The highest BCUT2D eigenvalue weighted by atomic mass is 16.5. The molecular formula is C11H22N2O. The Bertz CT molecular complexity index is 184. The van der Waals surface area contributed by atoms with Crippen LogP contribution in [0.15, 0.2) is 0 Å². The molecule has 1 aliphatic heterocycles. The molecule has 0 amide bonds. The zero-order valence-corrected chi connectivity index (χ0v) is 9.55. The lowest BCUT2D eigenvalue weighted by Crippen LogP contribution is -2.42. The van der Waals surface area contributed by atoms with E-state index in [1.54, 1.807) is 0 Å². The van der Waals surface area contributed by atoms with Crippen molar-refractivity contribution in [2.75, 3.05) is 19.7 Å². The van der Waals surface area contributed by atoms with Crippen LogP contribution in [0.4, 0.5) is 0 Å². The highest BCUT2D eigenvalue weighted by Crippen LogP contribution is 2.15. The fraction of sp³-hybridized carbons (Fsp3) is 0.909. The van der Waals surface area contributed by atoms with Crippen molar-refractivity contribution >= 4 is 5.84 Å². The molecule has 1 fully saturated rings. The Morgan fingerprint density at radius 3 is 2.43 bits per heavy atom. The molecule has 1 N–H and O–H groups in total. The van der Waals surface area contributed by atoms with Crippen molar-refractivity contribution in [3.63, 3.8) is 0 Å². The fourth-order valence-corrected chi connectivity index (χ4v) is 1.86. The summed E-state index contributed by atoms with van der Waals surface area (Å²) in [6.07, 6.45) is 2.57. The molecule has 0 aromatic carbocycles. The molecule has 82 valence electrons. The summed E-state index contributed by atoms with van der Waals surface area (Å²) in [5.74, 6) is 1.12. The lowest BCUT2D eigenvalue weighted by Gasteiger charge is -2.34. The SMILES string of the molecule is CCOC1CCN(C(=N)C(C)C)CC1. The van der Waals surface area contributed by atoms with Crippen LogP contribution in [0.3, 0.4) is 0 Å². The molecule has 0 aromatic rings. The number of piperidine rings is 1. The minimum Gasteiger partial charge on any atom is -0.378 e. The van der Waals surface area contributed by atoms with Gasteiger partial charge in [0.1, 0.15) is 0 Å².